The second-order valence-corrected chi connectivity index (χ2v) is 8.18. The Morgan fingerprint density at radius 1 is 1.22 bits per heavy atom. The molecule has 1 N–H and O–H groups in total. The molecule has 2 aromatic rings. The van der Waals surface area contributed by atoms with E-state index >= 15 is 0 Å². The predicted molar refractivity (Wildman–Crippen MR) is 101 cm³/mol. The molecule has 1 fully saturated rings. The van der Waals surface area contributed by atoms with Gasteiger partial charge in [0.25, 0.3) is 17.7 Å². The number of nitrogens with zero attached hydrogens (tertiary/aromatic N) is 1. The number of benzene rings is 1. The number of imide groups is 1. The van der Waals surface area contributed by atoms with E-state index in [-0.39, 0.29) is 35.9 Å². The minimum atomic E-state index is -0.353. The molecule has 2 aliphatic heterocycles. The van der Waals surface area contributed by atoms with E-state index < -0.39 is 0 Å². The Morgan fingerprint density at radius 2 is 2.04 bits per heavy atom. The summed E-state index contributed by atoms with van der Waals surface area (Å²) in [6, 6.07) is 8.66. The summed E-state index contributed by atoms with van der Waals surface area (Å²) in [4.78, 5) is 41.1. The summed E-state index contributed by atoms with van der Waals surface area (Å²) in [5, 5.41) is 2.86. The Kier molecular flexibility index (Phi) is 4.80. The van der Waals surface area contributed by atoms with Crippen LogP contribution in [0.3, 0.4) is 0 Å². The molecule has 0 unspecified atom stereocenters. The van der Waals surface area contributed by atoms with E-state index in [9.17, 15) is 14.4 Å². The number of fused-ring (bicyclic) bond motifs is 1. The van der Waals surface area contributed by atoms with Crippen LogP contribution < -0.4 is 5.32 Å². The third-order valence-corrected chi connectivity index (χ3v) is 5.86. The van der Waals surface area contributed by atoms with Gasteiger partial charge in [0.2, 0.25) is 0 Å². The molecular weight excluding hydrogens is 364 g/mol. The average Bonchev–Trinajstić information content (AvgIpc) is 3.38. The summed E-state index contributed by atoms with van der Waals surface area (Å²) in [6.07, 6.45) is 1.70. The van der Waals surface area contributed by atoms with Crippen molar-refractivity contribution in [2.75, 3.05) is 13.2 Å². The lowest BCUT2D eigenvalue weighted by molar-refractivity contribution is 0.0475. The van der Waals surface area contributed by atoms with Gasteiger partial charge < -0.3 is 10.1 Å². The van der Waals surface area contributed by atoms with E-state index in [0.717, 1.165) is 17.7 Å². The number of ether oxygens (including phenoxy) is 1. The molecule has 140 valence electrons. The van der Waals surface area contributed by atoms with E-state index in [1.807, 2.05) is 19.1 Å². The first kappa shape index (κ1) is 17.9. The lowest BCUT2D eigenvalue weighted by Crippen LogP contribution is -2.36. The maximum atomic E-state index is 12.7. The summed E-state index contributed by atoms with van der Waals surface area (Å²) in [5.74, 6) is -0.928. The van der Waals surface area contributed by atoms with E-state index in [1.54, 1.807) is 23.5 Å². The summed E-state index contributed by atoms with van der Waals surface area (Å²) >= 11 is 1.63. The van der Waals surface area contributed by atoms with Crippen molar-refractivity contribution >= 4 is 29.1 Å². The third kappa shape index (κ3) is 3.52. The lowest BCUT2D eigenvalue weighted by atomic mass is 10.1. The van der Waals surface area contributed by atoms with Gasteiger partial charge in [-0.15, -0.1) is 11.3 Å². The van der Waals surface area contributed by atoms with Crippen LogP contribution in [0.5, 0.6) is 0 Å². The molecule has 1 aromatic heterocycles. The predicted octanol–water partition coefficient (Wildman–Crippen LogP) is 2.76. The molecule has 1 saturated heterocycles. The van der Waals surface area contributed by atoms with Crippen molar-refractivity contribution in [3.05, 3.63) is 56.8 Å². The van der Waals surface area contributed by atoms with Crippen LogP contribution in [0.4, 0.5) is 0 Å². The Balaban J connectivity index is 1.47. The van der Waals surface area contributed by atoms with Gasteiger partial charge in [0, 0.05) is 21.9 Å². The number of hydrogen-bond donors (Lipinski definition) is 1. The van der Waals surface area contributed by atoms with Gasteiger partial charge in [-0.3, -0.25) is 19.3 Å². The van der Waals surface area contributed by atoms with E-state index in [0.29, 0.717) is 24.3 Å². The highest BCUT2D eigenvalue weighted by molar-refractivity contribution is 7.11. The maximum absolute atomic E-state index is 12.7. The first-order valence-corrected chi connectivity index (χ1v) is 9.80. The number of hydrogen-bond acceptors (Lipinski definition) is 5. The molecule has 0 aliphatic carbocycles. The van der Waals surface area contributed by atoms with Crippen molar-refractivity contribution < 1.29 is 19.1 Å². The molecule has 7 heteroatoms. The number of amides is 3. The number of rotatable bonds is 5. The van der Waals surface area contributed by atoms with Crippen molar-refractivity contribution in [3.63, 3.8) is 0 Å². The van der Waals surface area contributed by atoms with Gasteiger partial charge in [0.05, 0.1) is 30.3 Å². The fraction of sp³-hybridized carbons (Fsp3) is 0.350. The zero-order valence-corrected chi connectivity index (χ0v) is 15.8. The van der Waals surface area contributed by atoms with Gasteiger partial charge in [-0.05, 0) is 50.1 Å². The molecule has 27 heavy (non-hydrogen) atoms. The Labute approximate surface area is 161 Å². The molecule has 1 atom stereocenters. The summed E-state index contributed by atoms with van der Waals surface area (Å²) in [7, 11) is 0. The van der Waals surface area contributed by atoms with Crippen molar-refractivity contribution in [3.8, 4) is 0 Å². The van der Waals surface area contributed by atoms with Crippen LogP contribution in [0, 0.1) is 6.92 Å². The molecule has 4 rings (SSSR count). The van der Waals surface area contributed by atoms with Gasteiger partial charge in [0.1, 0.15) is 0 Å². The molecule has 0 spiro atoms. The first-order valence-electron chi connectivity index (χ1n) is 8.98. The zero-order chi connectivity index (χ0) is 19.0. The van der Waals surface area contributed by atoms with Crippen molar-refractivity contribution in [1.82, 2.24) is 10.2 Å². The number of carbonyl (C=O) groups is 3. The minimum absolute atomic E-state index is 0.0933. The minimum Gasteiger partial charge on any atom is -0.376 e. The molecule has 0 radical (unpaired) electrons. The van der Waals surface area contributed by atoms with Crippen LogP contribution in [-0.2, 0) is 11.3 Å². The molecular formula is C20H20N2O4S. The third-order valence-electron chi connectivity index (χ3n) is 4.86. The number of nitrogens with one attached hydrogen (secondary N) is 1. The highest BCUT2D eigenvalue weighted by Gasteiger charge is 2.37. The Bertz CT molecular complexity index is 914. The largest absolute Gasteiger partial charge is 0.376 e. The van der Waals surface area contributed by atoms with Crippen LogP contribution in [0.1, 0.15) is 53.7 Å². The van der Waals surface area contributed by atoms with Crippen molar-refractivity contribution in [2.24, 2.45) is 0 Å². The number of thiophene rings is 1. The van der Waals surface area contributed by atoms with Gasteiger partial charge in [-0.25, -0.2) is 0 Å². The van der Waals surface area contributed by atoms with Gasteiger partial charge in [-0.2, -0.15) is 0 Å². The van der Waals surface area contributed by atoms with Crippen LogP contribution in [0.25, 0.3) is 0 Å². The smallest absolute Gasteiger partial charge is 0.261 e. The summed E-state index contributed by atoms with van der Waals surface area (Å²) < 4.78 is 5.54. The van der Waals surface area contributed by atoms with E-state index in [2.05, 4.69) is 5.32 Å². The van der Waals surface area contributed by atoms with Gasteiger partial charge >= 0.3 is 0 Å². The fourth-order valence-corrected chi connectivity index (χ4v) is 4.27. The lowest BCUT2D eigenvalue weighted by Gasteiger charge is -2.17. The van der Waals surface area contributed by atoms with Crippen LogP contribution >= 0.6 is 11.3 Å². The SMILES string of the molecule is Cc1ccc(CNC(=O)c2ccc3c(c2)C(=O)N(C[C@H]2CCCO2)C3=O)s1. The second-order valence-electron chi connectivity index (χ2n) is 6.81. The summed E-state index contributed by atoms with van der Waals surface area (Å²) in [6.45, 7) is 3.39. The second kappa shape index (κ2) is 7.25. The summed E-state index contributed by atoms with van der Waals surface area (Å²) in [5.41, 5.74) is 1.02. The van der Waals surface area contributed by atoms with E-state index in [1.165, 1.54) is 15.8 Å². The van der Waals surface area contributed by atoms with Crippen molar-refractivity contribution in [2.45, 2.75) is 32.4 Å². The first-order chi connectivity index (χ1) is 13.0. The number of carbonyl (C=O) groups excluding carboxylic acids is 3. The van der Waals surface area contributed by atoms with Crippen LogP contribution in [0.15, 0.2) is 30.3 Å². The molecule has 3 heterocycles. The molecule has 0 bridgehead atoms. The molecule has 1 aromatic carbocycles. The highest BCUT2D eigenvalue weighted by atomic mass is 32.1. The zero-order valence-electron chi connectivity index (χ0n) is 15.0. The Hall–Kier alpha value is -2.51. The molecule has 3 amide bonds. The Morgan fingerprint density at radius 3 is 2.74 bits per heavy atom. The number of aryl methyl sites for hydroxylation is 1. The standard InChI is InChI=1S/C20H20N2O4S/c1-12-4-6-15(27-12)10-21-18(23)13-5-7-16-17(9-13)20(25)22(19(16)24)11-14-3-2-8-26-14/h4-7,9,14H,2-3,8,10-11H2,1H3,(H,21,23)/t14-/m1/s1. The fourth-order valence-electron chi connectivity index (χ4n) is 3.44. The molecule has 6 nitrogen and oxygen atoms in total. The van der Waals surface area contributed by atoms with E-state index in [4.69, 9.17) is 4.74 Å². The van der Waals surface area contributed by atoms with Crippen LogP contribution in [-0.4, -0.2) is 41.9 Å². The highest BCUT2D eigenvalue weighted by Crippen LogP contribution is 2.26. The monoisotopic (exact) mass is 384 g/mol. The molecule has 2 aliphatic rings. The maximum Gasteiger partial charge on any atom is 0.261 e. The average molecular weight is 384 g/mol. The van der Waals surface area contributed by atoms with Gasteiger partial charge in [0.15, 0.2) is 0 Å². The van der Waals surface area contributed by atoms with Crippen LogP contribution in [0.2, 0.25) is 0 Å². The van der Waals surface area contributed by atoms with Crippen molar-refractivity contribution in [1.29, 1.82) is 0 Å². The topological polar surface area (TPSA) is 75.7 Å². The van der Waals surface area contributed by atoms with Gasteiger partial charge in [-0.1, -0.05) is 0 Å². The normalized spacial score (nSPS) is 18.9. The quantitative estimate of drug-likeness (QED) is 0.805. The molecule has 0 saturated carbocycles.